The maximum atomic E-state index is 10.7. The van der Waals surface area contributed by atoms with Crippen molar-refractivity contribution in [3.05, 3.63) is 40.1 Å². The number of hydrogen-bond acceptors (Lipinski definition) is 2. The molecule has 0 unspecified atom stereocenters. The van der Waals surface area contributed by atoms with Crippen LogP contribution in [-0.2, 0) is 7.05 Å². The van der Waals surface area contributed by atoms with Gasteiger partial charge < -0.3 is 0 Å². The van der Waals surface area contributed by atoms with Crippen LogP contribution in [0.15, 0.2) is 24.5 Å². The summed E-state index contributed by atoms with van der Waals surface area (Å²) in [6.07, 6.45) is 4.21. The third-order valence-corrected chi connectivity index (χ3v) is 2.86. The minimum Gasteiger partial charge on any atom is -0.298 e. The number of aldehydes is 1. The number of carbonyl (C=O) groups excluding carboxylic acids is 1. The van der Waals surface area contributed by atoms with E-state index in [4.69, 9.17) is 23.2 Å². The maximum Gasteiger partial charge on any atom is 0.153 e. The van der Waals surface area contributed by atoms with Crippen molar-refractivity contribution in [1.29, 1.82) is 0 Å². The molecule has 1 aromatic heterocycles. The van der Waals surface area contributed by atoms with E-state index in [-0.39, 0.29) is 0 Å². The van der Waals surface area contributed by atoms with Crippen LogP contribution in [0.3, 0.4) is 0 Å². The number of carbonyl (C=O) groups is 1. The van der Waals surface area contributed by atoms with E-state index in [0.29, 0.717) is 21.9 Å². The molecule has 5 heteroatoms. The molecule has 0 radical (unpaired) electrons. The Morgan fingerprint density at radius 2 is 1.88 bits per heavy atom. The Morgan fingerprint density at radius 1 is 1.25 bits per heavy atom. The molecule has 3 nitrogen and oxygen atoms in total. The first kappa shape index (κ1) is 11.2. The fourth-order valence-corrected chi connectivity index (χ4v) is 2.01. The fourth-order valence-electron chi connectivity index (χ4n) is 1.43. The van der Waals surface area contributed by atoms with Crippen molar-refractivity contribution >= 4 is 29.5 Å². The predicted octanol–water partition coefficient (Wildman–Crippen LogP) is 3.21. The largest absolute Gasteiger partial charge is 0.298 e. The van der Waals surface area contributed by atoms with E-state index >= 15 is 0 Å². The molecule has 1 heterocycles. The van der Waals surface area contributed by atoms with E-state index in [1.165, 1.54) is 0 Å². The molecule has 0 aliphatic carbocycles. The van der Waals surface area contributed by atoms with Crippen molar-refractivity contribution < 1.29 is 4.79 Å². The molecule has 2 aromatic rings. The van der Waals surface area contributed by atoms with Gasteiger partial charge in [-0.1, -0.05) is 23.2 Å². The van der Waals surface area contributed by atoms with Crippen LogP contribution in [0.1, 0.15) is 10.4 Å². The van der Waals surface area contributed by atoms with Crippen LogP contribution in [0.25, 0.3) is 11.1 Å². The first-order valence-corrected chi connectivity index (χ1v) is 5.30. The number of nitrogens with zero attached hydrogens (tertiary/aromatic N) is 2. The summed E-state index contributed by atoms with van der Waals surface area (Å²) in [5.74, 6) is 0. The van der Waals surface area contributed by atoms with Gasteiger partial charge in [-0.05, 0) is 17.7 Å². The summed E-state index contributed by atoms with van der Waals surface area (Å²) in [6.45, 7) is 0. The Balaban J connectivity index is 2.56. The molecular weight excluding hydrogens is 247 g/mol. The van der Waals surface area contributed by atoms with E-state index in [9.17, 15) is 4.79 Å². The van der Waals surface area contributed by atoms with E-state index in [0.717, 1.165) is 11.1 Å². The van der Waals surface area contributed by atoms with Crippen molar-refractivity contribution in [3.63, 3.8) is 0 Å². The molecule has 0 saturated carbocycles. The highest BCUT2D eigenvalue weighted by atomic mass is 35.5. The molecule has 2 rings (SSSR count). The Kier molecular flexibility index (Phi) is 2.99. The Bertz CT molecular complexity index is 526. The average molecular weight is 255 g/mol. The highest BCUT2D eigenvalue weighted by Crippen LogP contribution is 2.30. The van der Waals surface area contributed by atoms with Gasteiger partial charge in [-0.25, -0.2) is 0 Å². The van der Waals surface area contributed by atoms with Gasteiger partial charge in [0.05, 0.1) is 21.8 Å². The second-order valence-electron chi connectivity index (χ2n) is 3.37. The zero-order valence-corrected chi connectivity index (χ0v) is 9.96. The SMILES string of the molecule is Cn1cc(-c2cc(Cl)c(C=O)c(Cl)c2)cn1. The maximum absolute atomic E-state index is 10.7. The zero-order valence-electron chi connectivity index (χ0n) is 8.45. The molecule has 82 valence electrons. The molecule has 0 aliphatic heterocycles. The zero-order chi connectivity index (χ0) is 11.7. The van der Waals surface area contributed by atoms with Crippen molar-refractivity contribution in [2.45, 2.75) is 0 Å². The minimum atomic E-state index is 0.316. The van der Waals surface area contributed by atoms with Gasteiger partial charge in [-0.15, -0.1) is 0 Å². The van der Waals surface area contributed by atoms with Crippen molar-refractivity contribution in [2.24, 2.45) is 7.05 Å². The standard InChI is InChI=1S/C11H8Cl2N2O/c1-15-5-8(4-14-15)7-2-10(12)9(6-16)11(13)3-7/h2-6H,1H3. The molecule has 0 saturated heterocycles. The van der Waals surface area contributed by atoms with Gasteiger partial charge in [0.1, 0.15) is 0 Å². The molecule has 0 N–H and O–H groups in total. The summed E-state index contributed by atoms with van der Waals surface area (Å²) in [7, 11) is 1.83. The van der Waals surface area contributed by atoms with Crippen LogP contribution in [0.5, 0.6) is 0 Å². The number of hydrogen-bond donors (Lipinski definition) is 0. The number of aromatic nitrogens is 2. The molecule has 1 aromatic carbocycles. The van der Waals surface area contributed by atoms with Crippen LogP contribution in [0.2, 0.25) is 10.0 Å². The van der Waals surface area contributed by atoms with E-state index in [1.54, 1.807) is 23.0 Å². The molecule has 0 fully saturated rings. The highest BCUT2D eigenvalue weighted by molar-refractivity contribution is 6.38. The Hall–Kier alpha value is -1.32. The van der Waals surface area contributed by atoms with Crippen molar-refractivity contribution in [1.82, 2.24) is 9.78 Å². The van der Waals surface area contributed by atoms with Gasteiger partial charge in [0.25, 0.3) is 0 Å². The van der Waals surface area contributed by atoms with Gasteiger partial charge in [-0.2, -0.15) is 5.10 Å². The lowest BCUT2D eigenvalue weighted by Crippen LogP contribution is -1.86. The Morgan fingerprint density at radius 3 is 2.31 bits per heavy atom. The normalized spacial score (nSPS) is 10.4. The topological polar surface area (TPSA) is 34.9 Å². The second kappa shape index (κ2) is 4.28. The molecule has 16 heavy (non-hydrogen) atoms. The molecular formula is C11H8Cl2N2O. The summed E-state index contributed by atoms with van der Waals surface area (Å²) in [4.78, 5) is 10.7. The number of rotatable bonds is 2. The van der Waals surface area contributed by atoms with Crippen LogP contribution >= 0.6 is 23.2 Å². The van der Waals surface area contributed by atoms with Crippen LogP contribution < -0.4 is 0 Å². The summed E-state index contributed by atoms with van der Waals surface area (Å²) in [6, 6.07) is 3.41. The van der Waals surface area contributed by atoms with Gasteiger partial charge in [0, 0.05) is 18.8 Å². The summed E-state index contributed by atoms with van der Waals surface area (Å²) >= 11 is 11.9. The van der Waals surface area contributed by atoms with Gasteiger partial charge in [-0.3, -0.25) is 9.48 Å². The minimum absolute atomic E-state index is 0.316. The number of halogens is 2. The fraction of sp³-hybridized carbons (Fsp3) is 0.0909. The third-order valence-electron chi connectivity index (χ3n) is 2.24. The lowest BCUT2D eigenvalue weighted by atomic mass is 10.1. The van der Waals surface area contributed by atoms with Crippen LogP contribution in [0.4, 0.5) is 0 Å². The molecule has 0 bridgehead atoms. The van der Waals surface area contributed by atoms with Crippen LogP contribution in [0, 0.1) is 0 Å². The summed E-state index contributed by atoms with van der Waals surface area (Å²) < 4.78 is 1.69. The van der Waals surface area contributed by atoms with Gasteiger partial charge in [0.15, 0.2) is 6.29 Å². The summed E-state index contributed by atoms with van der Waals surface area (Å²) in [5, 5.41) is 4.75. The van der Waals surface area contributed by atoms with E-state index in [1.807, 2.05) is 13.2 Å². The van der Waals surface area contributed by atoms with Gasteiger partial charge in [0.2, 0.25) is 0 Å². The molecule has 0 aliphatic rings. The smallest absolute Gasteiger partial charge is 0.153 e. The number of aryl methyl sites for hydroxylation is 1. The quantitative estimate of drug-likeness (QED) is 0.772. The van der Waals surface area contributed by atoms with E-state index < -0.39 is 0 Å². The van der Waals surface area contributed by atoms with Crippen LogP contribution in [-0.4, -0.2) is 16.1 Å². The molecule has 0 atom stereocenters. The van der Waals surface area contributed by atoms with Crippen molar-refractivity contribution in [3.8, 4) is 11.1 Å². The molecule has 0 amide bonds. The highest BCUT2D eigenvalue weighted by Gasteiger charge is 2.09. The number of benzene rings is 1. The third kappa shape index (κ3) is 1.96. The first-order chi connectivity index (χ1) is 7.61. The Labute approximate surface area is 103 Å². The monoisotopic (exact) mass is 254 g/mol. The average Bonchev–Trinajstić information content (AvgIpc) is 2.64. The lowest BCUT2D eigenvalue weighted by Gasteiger charge is -2.03. The van der Waals surface area contributed by atoms with E-state index in [2.05, 4.69) is 5.10 Å². The lowest BCUT2D eigenvalue weighted by molar-refractivity contribution is 0.112. The second-order valence-corrected chi connectivity index (χ2v) is 4.19. The predicted molar refractivity (Wildman–Crippen MR) is 64.1 cm³/mol. The summed E-state index contributed by atoms with van der Waals surface area (Å²) in [5.41, 5.74) is 2.06. The first-order valence-electron chi connectivity index (χ1n) is 4.55. The van der Waals surface area contributed by atoms with Gasteiger partial charge >= 0.3 is 0 Å². The molecule has 0 spiro atoms. The van der Waals surface area contributed by atoms with Crippen molar-refractivity contribution in [2.75, 3.05) is 0 Å².